The van der Waals surface area contributed by atoms with Crippen LogP contribution in [0.5, 0.6) is 0 Å². The van der Waals surface area contributed by atoms with Gasteiger partial charge in [0.2, 0.25) is 0 Å². The van der Waals surface area contributed by atoms with E-state index in [9.17, 15) is 4.79 Å². The second-order valence-corrected chi connectivity index (χ2v) is 6.25. The van der Waals surface area contributed by atoms with Gasteiger partial charge in [-0.05, 0) is 38.1 Å². The molecular formula is C18H23N5O. The van der Waals surface area contributed by atoms with Crippen molar-refractivity contribution in [2.24, 2.45) is 0 Å². The van der Waals surface area contributed by atoms with E-state index in [0.717, 1.165) is 48.8 Å². The summed E-state index contributed by atoms with van der Waals surface area (Å²) in [5, 5.41) is 2.91. The average molecular weight is 325 g/mol. The van der Waals surface area contributed by atoms with Gasteiger partial charge in [0, 0.05) is 31.9 Å². The first kappa shape index (κ1) is 16.4. The van der Waals surface area contributed by atoms with Crippen LogP contribution >= 0.6 is 0 Å². The standard InChI is InChI=1S/C18H23N5O/c1-13-5-4-6-15(14(13)2)21-18(24)16-11-20-17(12-19-16)23-9-7-22(3)8-10-23/h4-6,11-12H,7-10H2,1-3H3,(H,21,24). The van der Waals surface area contributed by atoms with Gasteiger partial charge in [0.05, 0.1) is 12.4 Å². The fourth-order valence-corrected chi connectivity index (χ4v) is 2.71. The van der Waals surface area contributed by atoms with E-state index in [1.54, 1.807) is 12.4 Å². The fourth-order valence-electron chi connectivity index (χ4n) is 2.71. The zero-order valence-corrected chi connectivity index (χ0v) is 14.4. The highest BCUT2D eigenvalue weighted by atomic mass is 16.1. The highest BCUT2D eigenvalue weighted by molar-refractivity contribution is 6.03. The molecular weight excluding hydrogens is 302 g/mol. The number of rotatable bonds is 3. The summed E-state index contributed by atoms with van der Waals surface area (Å²) >= 11 is 0. The Hall–Kier alpha value is -2.47. The molecule has 0 unspecified atom stereocenters. The molecule has 0 spiro atoms. The Labute approximate surface area is 142 Å². The van der Waals surface area contributed by atoms with Crippen molar-refractivity contribution < 1.29 is 4.79 Å². The Bertz CT molecular complexity index is 721. The summed E-state index contributed by atoms with van der Waals surface area (Å²) in [6, 6.07) is 5.85. The molecule has 24 heavy (non-hydrogen) atoms. The van der Waals surface area contributed by atoms with Crippen molar-refractivity contribution in [1.82, 2.24) is 14.9 Å². The molecule has 1 saturated heterocycles. The van der Waals surface area contributed by atoms with Gasteiger partial charge in [-0.2, -0.15) is 0 Å². The van der Waals surface area contributed by atoms with Gasteiger partial charge in [0.15, 0.2) is 0 Å². The van der Waals surface area contributed by atoms with Crippen molar-refractivity contribution in [2.75, 3.05) is 43.4 Å². The molecule has 2 heterocycles. The number of carbonyl (C=O) groups excluding carboxylic acids is 1. The van der Waals surface area contributed by atoms with E-state index in [1.807, 2.05) is 32.0 Å². The van der Waals surface area contributed by atoms with Gasteiger partial charge in [-0.15, -0.1) is 0 Å². The fraction of sp³-hybridized carbons (Fsp3) is 0.389. The maximum absolute atomic E-state index is 12.4. The number of anilines is 2. The van der Waals surface area contributed by atoms with Gasteiger partial charge in [0.25, 0.3) is 5.91 Å². The number of piperazine rings is 1. The first-order valence-electron chi connectivity index (χ1n) is 8.17. The molecule has 3 rings (SSSR count). The van der Waals surface area contributed by atoms with Gasteiger partial charge < -0.3 is 15.1 Å². The Morgan fingerprint density at radius 3 is 2.50 bits per heavy atom. The summed E-state index contributed by atoms with van der Waals surface area (Å²) in [5.74, 6) is 0.590. The Kier molecular flexibility index (Phi) is 4.76. The third-order valence-corrected chi connectivity index (χ3v) is 4.55. The number of hydrogen-bond acceptors (Lipinski definition) is 5. The van der Waals surface area contributed by atoms with Crippen molar-refractivity contribution >= 4 is 17.4 Å². The van der Waals surface area contributed by atoms with Crippen molar-refractivity contribution in [3.05, 3.63) is 47.4 Å². The minimum atomic E-state index is -0.235. The molecule has 0 aliphatic carbocycles. The lowest BCUT2D eigenvalue weighted by molar-refractivity contribution is 0.102. The molecule has 1 aromatic carbocycles. The van der Waals surface area contributed by atoms with Crippen LogP contribution < -0.4 is 10.2 Å². The summed E-state index contributed by atoms with van der Waals surface area (Å²) in [6.45, 7) is 7.90. The van der Waals surface area contributed by atoms with Gasteiger partial charge in [-0.1, -0.05) is 12.1 Å². The maximum atomic E-state index is 12.4. The van der Waals surface area contributed by atoms with Gasteiger partial charge in [-0.3, -0.25) is 4.79 Å². The summed E-state index contributed by atoms with van der Waals surface area (Å²) in [6.07, 6.45) is 3.23. The number of amides is 1. The first-order chi connectivity index (χ1) is 11.5. The lowest BCUT2D eigenvalue weighted by Gasteiger charge is -2.32. The van der Waals surface area contributed by atoms with Crippen LogP contribution in [0.1, 0.15) is 21.6 Å². The molecule has 1 fully saturated rings. The number of likely N-dealkylation sites (N-methyl/N-ethyl adjacent to an activating group) is 1. The second kappa shape index (κ2) is 6.97. The molecule has 1 amide bonds. The Morgan fingerprint density at radius 2 is 1.83 bits per heavy atom. The molecule has 6 nitrogen and oxygen atoms in total. The number of nitrogens with zero attached hydrogens (tertiary/aromatic N) is 4. The molecule has 1 N–H and O–H groups in total. The van der Waals surface area contributed by atoms with Crippen LogP contribution in [0.4, 0.5) is 11.5 Å². The first-order valence-corrected chi connectivity index (χ1v) is 8.17. The molecule has 6 heteroatoms. The molecule has 126 valence electrons. The Morgan fingerprint density at radius 1 is 1.08 bits per heavy atom. The summed E-state index contributed by atoms with van der Waals surface area (Å²) < 4.78 is 0. The lowest BCUT2D eigenvalue weighted by atomic mass is 10.1. The molecule has 1 aromatic heterocycles. The lowest BCUT2D eigenvalue weighted by Crippen LogP contribution is -2.44. The minimum absolute atomic E-state index is 0.235. The molecule has 0 saturated carbocycles. The van der Waals surface area contributed by atoms with E-state index >= 15 is 0 Å². The zero-order valence-electron chi connectivity index (χ0n) is 14.4. The maximum Gasteiger partial charge on any atom is 0.275 e. The third kappa shape index (κ3) is 3.54. The molecule has 0 radical (unpaired) electrons. The van der Waals surface area contributed by atoms with Gasteiger partial charge >= 0.3 is 0 Å². The molecule has 1 aliphatic rings. The SMILES string of the molecule is Cc1cccc(NC(=O)c2cnc(N3CCN(C)CC3)cn2)c1C. The van der Waals surface area contributed by atoms with Crippen molar-refractivity contribution in [3.8, 4) is 0 Å². The van der Waals surface area contributed by atoms with Gasteiger partial charge in [-0.25, -0.2) is 9.97 Å². The summed E-state index contributed by atoms with van der Waals surface area (Å²) in [5.41, 5.74) is 3.34. The van der Waals surface area contributed by atoms with E-state index in [-0.39, 0.29) is 5.91 Å². The number of aromatic nitrogens is 2. The van der Waals surface area contributed by atoms with E-state index in [1.165, 1.54) is 0 Å². The minimum Gasteiger partial charge on any atom is -0.353 e. The predicted octanol–water partition coefficient (Wildman–Crippen LogP) is 2.10. The largest absolute Gasteiger partial charge is 0.353 e. The van der Waals surface area contributed by atoms with Crippen molar-refractivity contribution in [3.63, 3.8) is 0 Å². The van der Waals surface area contributed by atoms with Gasteiger partial charge in [0.1, 0.15) is 11.5 Å². The zero-order chi connectivity index (χ0) is 17.1. The van der Waals surface area contributed by atoms with Crippen molar-refractivity contribution in [1.29, 1.82) is 0 Å². The highest BCUT2D eigenvalue weighted by Crippen LogP contribution is 2.19. The highest BCUT2D eigenvalue weighted by Gasteiger charge is 2.16. The number of aryl methyl sites for hydroxylation is 1. The topological polar surface area (TPSA) is 61.4 Å². The molecule has 0 bridgehead atoms. The quantitative estimate of drug-likeness (QED) is 0.936. The van der Waals surface area contributed by atoms with E-state index < -0.39 is 0 Å². The average Bonchev–Trinajstić information content (AvgIpc) is 2.60. The van der Waals surface area contributed by atoms with Crippen LogP contribution in [0.15, 0.2) is 30.6 Å². The number of nitrogens with one attached hydrogen (secondary N) is 1. The smallest absolute Gasteiger partial charge is 0.275 e. The van der Waals surface area contributed by atoms with E-state index in [2.05, 4.69) is 32.1 Å². The number of carbonyl (C=O) groups is 1. The van der Waals surface area contributed by atoms with Crippen LogP contribution in [-0.2, 0) is 0 Å². The van der Waals surface area contributed by atoms with E-state index in [0.29, 0.717) is 5.69 Å². The number of benzene rings is 1. The number of hydrogen-bond donors (Lipinski definition) is 1. The molecule has 1 aliphatic heterocycles. The van der Waals surface area contributed by atoms with E-state index in [4.69, 9.17) is 0 Å². The van der Waals surface area contributed by atoms with Crippen LogP contribution in [0, 0.1) is 13.8 Å². The third-order valence-electron chi connectivity index (χ3n) is 4.55. The van der Waals surface area contributed by atoms with Crippen molar-refractivity contribution in [2.45, 2.75) is 13.8 Å². The summed E-state index contributed by atoms with van der Waals surface area (Å²) in [7, 11) is 2.11. The summed E-state index contributed by atoms with van der Waals surface area (Å²) in [4.78, 5) is 25.6. The van der Waals surface area contributed by atoms with Crippen LogP contribution in [-0.4, -0.2) is 54.0 Å². The molecule has 0 atom stereocenters. The Balaban J connectivity index is 1.69. The molecule has 2 aromatic rings. The monoisotopic (exact) mass is 325 g/mol. The second-order valence-electron chi connectivity index (χ2n) is 6.25. The normalized spacial score (nSPS) is 15.4. The van der Waals surface area contributed by atoms with Crippen LogP contribution in [0.2, 0.25) is 0 Å². The van der Waals surface area contributed by atoms with Crippen LogP contribution in [0.3, 0.4) is 0 Å². The van der Waals surface area contributed by atoms with Crippen LogP contribution in [0.25, 0.3) is 0 Å². The predicted molar refractivity (Wildman–Crippen MR) is 95.6 cm³/mol.